The molecule has 3 atom stereocenters. The van der Waals surface area contributed by atoms with Crippen molar-refractivity contribution in [3.05, 3.63) is 0 Å². The van der Waals surface area contributed by atoms with Crippen LogP contribution >= 0.6 is 0 Å². The first-order chi connectivity index (χ1) is 7.50. The Bertz CT molecular complexity index is 241. The topological polar surface area (TPSA) is 73.6 Å². The van der Waals surface area contributed by atoms with Crippen molar-refractivity contribution < 1.29 is 14.3 Å². The zero-order chi connectivity index (χ0) is 12.2. The van der Waals surface area contributed by atoms with Gasteiger partial charge >= 0.3 is 0 Å². The molecular weight excluding hydrogens is 208 g/mol. The lowest BCUT2D eigenvalue weighted by atomic mass is 9.94. The number of methoxy groups -OCH3 is 1. The molecule has 0 saturated carbocycles. The van der Waals surface area contributed by atoms with Crippen LogP contribution in [-0.4, -0.2) is 43.9 Å². The number of hydrogen-bond acceptors (Lipinski definition) is 4. The van der Waals surface area contributed by atoms with Crippen molar-refractivity contribution in [2.24, 2.45) is 5.73 Å². The van der Waals surface area contributed by atoms with E-state index in [1.807, 2.05) is 6.92 Å². The molecule has 1 rings (SSSR count). The van der Waals surface area contributed by atoms with Crippen LogP contribution in [0.15, 0.2) is 0 Å². The molecule has 1 heterocycles. The third-order valence-electron chi connectivity index (χ3n) is 3.40. The van der Waals surface area contributed by atoms with Gasteiger partial charge in [0.05, 0.1) is 12.2 Å². The largest absolute Gasteiger partial charge is 0.379 e. The maximum Gasteiger partial charge on any atom is 0.240 e. The van der Waals surface area contributed by atoms with Gasteiger partial charge in [-0.2, -0.15) is 0 Å². The predicted molar refractivity (Wildman–Crippen MR) is 61.0 cm³/mol. The van der Waals surface area contributed by atoms with Gasteiger partial charge in [-0.15, -0.1) is 0 Å². The molecule has 1 aliphatic rings. The van der Waals surface area contributed by atoms with Crippen LogP contribution in [0.5, 0.6) is 0 Å². The summed E-state index contributed by atoms with van der Waals surface area (Å²) in [7, 11) is 1.57. The minimum atomic E-state index is -0.847. The molecule has 94 valence electrons. The average Bonchev–Trinajstić information content (AvgIpc) is 2.77. The second kappa shape index (κ2) is 5.61. The molecule has 0 aromatic heterocycles. The van der Waals surface area contributed by atoms with E-state index in [1.165, 1.54) is 0 Å². The average molecular weight is 230 g/mol. The van der Waals surface area contributed by atoms with Gasteiger partial charge < -0.3 is 15.2 Å². The van der Waals surface area contributed by atoms with Gasteiger partial charge in [-0.25, -0.2) is 0 Å². The summed E-state index contributed by atoms with van der Waals surface area (Å²) in [6.45, 7) is 5.03. The fraction of sp³-hybridized carbons (Fsp3) is 0.909. The molecule has 5 nitrogen and oxygen atoms in total. The van der Waals surface area contributed by atoms with E-state index < -0.39 is 11.4 Å². The quantitative estimate of drug-likeness (QED) is 0.675. The fourth-order valence-corrected chi connectivity index (χ4v) is 1.80. The number of carbonyl (C=O) groups is 1. The zero-order valence-corrected chi connectivity index (χ0v) is 10.3. The molecule has 1 fully saturated rings. The Morgan fingerprint density at radius 2 is 2.44 bits per heavy atom. The maximum atomic E-state index is 11.5. The molecule has 1 saturated heterocycles. The van der Waals surface area contributed by atoms with Crippen LogP contribution in [-0.2, 0) is 14.3 Å². The summed E-state index contributed by atoms with van der Waals surface area (Å²) < 4.78 is 10.7. The van der Waals surface area contributed by atoms with Crippen LogP contribution in [0.3, 0.4) is 0 Å². The van der Waals surface area contributed by atoms with E-state index in [-0.39, 0.29) is 12.2 Å². The molecule has 1 aliphatic heterocycles. The van der Waals surface area contributed by atoms with Crippen molar-refractivity contribution in [2.45, 2.75) is 44.4 Å². The third-order valence-corrected chi connectivity index (χ3v) is 3.40. The first-order valence-corrected chi connectivity index (χ1v) is 5.70. The summed E-state index contributed by atoms with van der Waals surface area (Å²) in [6, 6.07) is 0. The van der Waals surface area contributed by atoms with Gasteiger partial charge in [0.25, 0.3) is 0 Å². The van der Waals surface area contributed by atoms with Gasteiger partial charge in [0.1, 0.15) is 5.54 Å². The Hall–Kier alpha value is -0.650. The van der Waals surface area contributed by atoms with Crippen molar-refractivity contribution in [3.8, 4) is 0 Å². The highest BCUT2D eigenvalue weighted by Gasteiger charge is 2.37. The van der Waals surface area contributed by atoms with Gasteiger partial charge in [-0.3, -0.25) is 10.1 Å². The number of hydrogen-bond donors (Lipinski definition) is 2. The van der Waals surface area contributed by atoms with Crippen molar-refractivity contribution in [2.75, 3.05) is 20.3 Å². The smallest absolute Gasteiger partial charge is 0.240 e. The van der Waals surface area contributed by atoms with Crippen molar-refractivity contribution >= 4 is 5.91 Å². The van der Waals surface area contributed by atoms with Crippen molar-refractivity contribution in [1.29, 1.82) is 0 Å². The summed E-state index contributed by atoms with van der Waals surface area (Å²) in [5.74, 6) is -0.403. The summed E-state index contributed by atoms with van der Waals surface area (Å²) in [5, 5.41) is 3.16. The van der Waals surface area contributed by atoms with Crippen molar-refractivity contribution in [3.63, 3.8) is 0 Å². The summed E-state index contributed by atoms with van der Waals surface area (Å²) in [6.07, 6.45) is 2.02. The monoisotopic (exact) mass is 230 g/mol. The first kappa shape index (κ1) is 13.4. The molecule has 0 bridgehead atoms. The highest BCUT2D eigenvalue weighted by atomic mass is 16.5. The number of carbonyl (C=O) groups excluding carboxylic acids is 1. The predicted octanol–water partition coefficient (Wildman–Crippen LogP) is 0.0339. The van der Waals surface area contributed by atoms with E-state index in [2.05, 4.69) is 5.32 Å². The zero-order valence-electron chi connectivity index (χ0n) is 10.3. The number of primary amides is 1. The molecule has 3 unspecified atom stereocenters. The SMILES string of the molecule is COC(C)C(C)(NCC1CCCO1)C(N)=O. The first-order valence-electron chi connectivity index (χ1n) is 5.70. The fourth-order valence-electron chi connectivity index (χ4n) is 1.80. The standard InChI is InChI=1S/C11H22N2O3/c1-8(15-3)11(2,10(12)14)13-7-9-5-4-6-16-9/h8-9,13H,4-7H2,1-3H3,(H2,12,14). The van der Waals surface area contributed by atoms with Gasteiger partial charge in [-0.1, -0.05) is 0 Å². The molecule has 0 radical (unpaired) electrons. The van der Waals surface area contributed by atoms with Crippen LogP contribution in [0.1, 0.15) is 26.7 Å². The van der Waals surface area contributed by atoms with Crippen LogP contribution in [0.25, 0.3) is 0 Å². The highest BCUT2D eigenvalue weighted by molar-refractivity contribution is 5.84. The van der Waals surface area contributed by atoms with Crippen LogP contribution in [0.2, 0.25) is 0 Å². The molecule has 1 amide bonds. The van der Waals surface area contributed by atoms with Gasteiger partial charge in [-0.05, 0) is 26.7 Å². The van der Waals surface area contributed by atoms with E-state index in [1.54, 1.807) is 14.0 Å². The molecule has 0 aromatic rings. The molecule has 0 aliphatic carbocycles. The lowest BCUT2D eigenvalue weighted by molar-refractivity contribution is -0.129. The normalized spacial score (nSPS) is 26.3. The summed E-state index contributed by atoms with van der Waals surface area (Å²) in [5.41, 5.74) is 4.56. The second-order valence-corrected chi connectivity index (χ2v) is 4.46. The van der Waals surface area contributed by atoms with E-state index >= 15 is 0 Å². The lowest BCUT2D eigenvalue weighted by Crippen LogP contribution is -2.61. The maximum absolute atomic E-state index is 11.5. The number of amides is 1. The van der Waals surface area contributed by atoms with E-state index in [0.29, 0.717) is 6.54 Å². The van der Waals surface area contributed by atoms with E-state index in [4.69, 9.17) is 15.2 Å². The third kappa shape index (κ3) is 2.93. The number of rotatable bonds is 6. The number of ether oxygens (including phenoxy) is 2. The Kier molecular flexibility index (Phi) is 4.70. The summed E-state index contributed by atoms with van der Waals surface area (Å²) in [4.78, 5) is 11.5. The van der Waals surface area contributed by atoms with Gasteiger partial charge in [0.2, 0.25) is 5.91 Å². The second-order valence-electron chi connectivity index (χ2n) is 4.46. The van der Waals surface area contributed by atoms with Crippen molar-refractivity contribution in [1.82, 2.24) is 5.32 Å². The van der Waals surface area contributed by atoms with Crippen LogP contribution in [0, 0.1) is 0 Å². The van der Waals surface area contributed by atoms with E-state index in [0.717, 1.165) is 19.4 Å². The molecular formula is C11H22N2O3. The van der Waals surface area contributed by atoms with Crippen LogP contribution in [0.4, 0.5) is 0 Å². The van der Waals surface area contributed by atoms with Crippen LogP contribution < -0.4 is 11.1 Å². The Balaban J connectivity index is 2.53. The summed E-state index contributed by atoms with van der Waals surface area (Å²) >= 11 is 0. The Morgan fingerprint density at radius 3 is 2.88 bits per heavy atom. The Morgan fingerprint density at radius 1 is 1.75 bits per heavy atom. The van der Waals surface area contributed by atoms with E-state index in [9.17, 15) is 4.79 Å². The molecule has 16 heavy (non-hydrogen) atoms. The minimum absolute atomic E-state index is 0.183. The molecule has 0 spiro atoms. The number of nitrogens with two attached hydrogens (primary N) is 1. The highest BCUT2D eigenvalue weighted by Crippen LogP contribution is 2.15. The Labute approximate surface area is 96.7 Å². The lowest BCUT2D eigenvalue weighted by Gasteiger charge is -2.33. The molecule has 3 N–H and O–H groups in total. The minimum Gasteiger partial charge on any atom is -0.379 e. The van der Waals surface area contributed by atoms with Gasteiger partial charge in [0, 0.05) is 20.3 Å². The molecule has 5 heteroatoms. The molecule has 0 aromatic carbocycles. The van der Waals surface area contributed by atoms with Gasteiger partial charge in [0.15, 0.2) is 0 Å². The number of nitrogens with one attached hydrogen (secondary N) is 1.